The number of aryl methyl sites for hydroxylation is 1. The van der Waals surface area contributed by atoms with Crippen molar-refractivity contribution in [1.29, 1.82) is 0 Å². The number of carbonyl (C=O) groups excluding carboxylic acids is 1. The molecule has 0 aliphatic carbocycles. The number of esters is 1. The lowest BCUT2D eigenvalue weighted by Crippen LogP contribution is -2.14. The Morgan fingerprint density at radius 1 is 1.20 bits per heavy atom. The molecular weight excluding hydrogens is 402 g/mol. The van der Waals surface area contributed by atoms with Crippen LogP contribution in [-0.2, 0) is 21.4 Å². The summed E-state index contributed by atoms with van der Waals surface area (Å²) in [5.74, 6) is -0.192. The summed E-state index contributed by atoms with van der Waals surface area (Å²) < 4.78 is 5.17. The van der Waals surface area contributed by atoms with Gasteiger partial charge in [-0.15, -0.1) is 15.0 Å². The number of phenolic OH excluding ortho intramolecular Hbond substituents is 1. The minimum Gasteiger partial charge on any atom is -0.505 e. The van der Waals surface area contributed by atoms with Gasteiger partial charge in [0, 0.05) is 16.7 Å². The van der Waals surface area contributed by atoms with Gasteiger partial charge in [0.1, 0.15) is 22.5 Å². The molecule has 3 rings (SSSR count). The summed E-state index contributed by atoms with van der Waals surface area (Å²) in [4.78, 5) is 12.9. The summed E-state index contributed by atoms with van der Waals surface area (Å²) in [7, 11) is 0. The van der Waals surface area contributed by atoms with Crippen molar-refractivity contribution in [2.75, 3.05) is 6.61 Å². The lowest BCUT2D eigenvalue weighted by Gasteiger charge is -2.23. The molecule has 6 nitrogen and oxygen atoms in total. The van der Waals surface area contributed by atoms with Gasteiger partial charge in [-0.2, -0.15) is 0 Å². The molecule has 0 aliphatic rings. The normalized spacial score (nSPS) is 12.0. The molecule has 1 N–H and O–H groups in total. The van der Waals surface area contributed by atoms with E-state index >= 15 is 0 Å². The van der Waals surface area contributed by atoms with Crippen molar-refractivity contribution in [3.8, 4) is 11.4 Å². The molecule has 3 aromatic rings. The van der Waals surface area contributed by atoms with Crippen LogP contribution in [-0.4, -0.2) is 32.7 Å². The minimum absolute atomic E-state index is 0.150. The van der Waals surface area contributed by atoms with E-state index in [2.05, 4.69) is 10.2 Å². The third-order valence-corrected chi connectivity index (χ3v) is 4.91. The summed E-state index contributed by atoms with van der Waals surface area (Å²) in [5, 5.41) is 20.6. The summed E-state index contributed by atoms with van der Waals surface area (Å²) in [5.41, 5.74) is 3.39. The Hall–Kier alpha value is -2.86. The first-order valence-electron chi connectivity index (χ1n) is 9.88. The fourth-order valence-corrected chi connectivity index (χ4v) is 3.34. The van der Waals surface area contributed by atoms with E-state index in [1.165, 1.54) is 10.9 Å². The van der Waals surface area contributed by atoms with Gasteiger partial charge < -0.3 is 9.84 Å². The zero-order valence-corrected chi connectivity index (χ0v) is 18.4. The third kappa shape index (κ3) is 5.00. The maximum absolute atomic E-state index is 11.5. The van der Waals surface area contributed by atoms with Gasteiger partial charge in [-0.1, -0.05) is 44.5 Å². The number of rotatable bonds is 6. The number of benzene rings is 2. The quantitative estimate of drug-likeness (QED) is 0.335. The van der Waals surface area contributed by atoms with E-state index in [9.17, 15) is 9.90 Å². The molecule has 7 heteroatoms. The second kappa shape index (κ2) is 8.88. The molecule has 1 heterocycles. The van der Waals surface area contributed by atoms with Crippen molar-refractivity contribution in [1.82, 2.24) is 15.0 Å². The topological polar surface area (TPSA) is 77.2 Å². The number of phenols is 1. The van der Waals surface area contributed by atoms with E-state index < -0.39 is 0 Å². The second-order valence-electron chi connectivity index (χ2n) is 8.15. The van der Waals surface area contributed by atoms with Gasteiger partial charge in [0.15, 0.2) is 0 Å². The van der Waals surface area contributed by atoms with Gasteiger partial charge in [0.05, 0.1) is 6.61 Å². The van der Waals surface area contributed by atoms with Crippen molar-refractivity contribution < 1.29 is 14.6 Å². The number of hydrogen-bond acceptors (Lipinski definition) is 5. The number of halogens is 1. The van der Waals surface area contributed by atoms with Gasteiger partial charge in [-0.25, -0.2) is 4.79 Å². The summed E-state index contributed by atoms with van der Waals surface area (Å²) in [6, 6.07) is 9.16. The predicted octanol–water partition coefficient (Wildman–Crippen LogP) is 5.13. The SMILES string of the molecule is CC=CC(=O)OCCCc1cc(-n2nc3ccc(Cl)cc3n2)c(O)c(C(C)(C)C)c1. The Kier molecular flexibility index (Phi) is 6.46. The van der Waals surface area contributed by atoms with E-state index in [0.29, 0.717) is 41.2 Å². The monoisotopic (exact) mass is 427 g/mol. The van der Waals surface area contributed by atoms with Crippen molar-refractivity contribution in [3.05, 3.63) is 58.6 Å². The van der Waals surface area contributed by atoms with E-state index in [1.54, 1.807) is 31.2 Å². The molecular formula is C23H26ClN3O3. The zero-order valence-electron chi connectivity index (χ0n) is 17.6. The van der Waals surface area contributed by atoms with Crippen LogP contribution in [0, 0.1) is 0 Å². The van der Waals surface area contributed by atoms with Gasteiger partial charge in [0.2, 0.25) is 0 Å². The number of carbonyl (C=O) groups is 1. The molecule has 2 aromatic carbocycles. The molecule has 158 valence electrons. The average Bonchev–Trinajstić information content (AvgIpc) is 3.08. The van der Waals surface area contributed by atoms with Crippen LogP contribution in [0.3, 0.4) is 0 Å². The highest BCUT2D eigenvalue weighted by molar-refractivity contribution is 6.31. The Bertz CT molecular complexity index is 1100. The highest BCUT2D eigenvalue weighted by Crippen LogP contribution is 2.36. The molecule has 0 spiro atoms. The molecule has 0 fully saturated rings. The molecule has 0 radical (unpaired) electrons. The van der Waals surface area contributed by atoms with E-state index in [4.69, 9.17) is 16.3 Å². The van der Waals surface area contributed by atoms with Crippen LogP contribution in [0.2, 0.25) is 5.02 Å². The molecule has 1 aromatic heterocycles. The molecule has 0 amide bonds. The lowest BCUT2D eigenvalue weighted by molar-refractivity contribution is -0.137. The maximum Gasteiger partial charge on any atom is 0.330 e. The zero-order chi connectivity index (χ0) is 21.9. The Labute approximate surface area is 181 Å². The first-order valence-corrected chi connectivity index (χ1v) is 10.3. The Morgan fingerprint density at radius 3 is 2.63 bits per heavy atom. The van der Waals surface area contributed by atoms with Crippen LogP contribution < -0.4 is 0 Å². The minimum atomic E-state index is -0.342. The van der Waals surface area contributed by atoms with Crippen molar-refractivity contribution in [3.63, 3.8) is 0 Å². The molecule has 0 saturated carbocycles. The molecule has 0 atom stereocenters. The maximum atomic E-state index is 11.5. The third-order valence-electron chi connectivity index (χ3n) is 4.67. The standard InChI is InChI=1S/C23H26ClN3O3/c1-5-7-21(28)30-11-6-8-15-12-17(23(2,3)4)22(29)20(13-15)27-25-18-10-9-16(24)14-19(18)26-27/h5,7,9-10,12-14,29H,6,8,11H2,1-4H3. The largest absolute Gasteiger partial charge is 0.505 e. The van der Waals surface area contributed by atoms with E-state index in [1.807, 2.05) is 32.9 Å². The molecule has 30 heavy (non-hydrogen) atoms. The number of ether oxygens (including phenoxy) is 1. The van der Waals surface area contributed by atoms with E-state index in [-0.39, 0.29) is 17.1 Å². The lowest BCUT2D eigenvalue weighted by atomic mass is 9.84. The van der Waals surface area contributed by atoms with Crippen LogP contribution in [0.25, 0.3) is 16.7 Å². The van der Waals surface area contributed by atoms with Crippen molar-refractivity contribution >= 4 is 28.6 Å². The van der Waals surface area contributed by atoms with Gasteiger partial charge in [-0.3, -0.25) is 0 Å². The van der Waals surface area contributed by atoms with Gasteiger partial charge in [0.25, 0.3) is 0 Å². The van der Waals surface area contributed by atoms with Crippen LogP contribution >= 0.6 is 11.6 Å². The Morgan fingerprint density at radius 2 is 1.93 bits per heavy atom. The number of nitrogens with zero attached hydrogens (tertiary/aromatic N) is 3. The molecule has 0 unspecified atom stereocenters. The van der Waals surface area contributed by atoms with Gasteiger partial charge in [-0.05, 0) is 55.0 Å². The van der Waals surface area contributed by atoms with Crippen LogP contribution in [0.15, 0.2) is 42.5 Å². The van der Waals surface area contributed by atoms with Crippen LogP contribution in [0.4, 0.5) is 0 Å². The number of aromatic nitrogens is 3. The van der Waals surface area contributed by atoms with E-state index in [0.717, 1.165) is 11.1 Å². The Balaban J connectivity index is 1.93. The summed E-state index contributed by atoms with van der Waals surface area (Å²) in [6.45, 7) is 8.23. The fraction of sp³-hybridized carbons (Fsp3) is 0.348. The first-order chi connectivity index (χ1) is 14.2. The van der Waals surface area contributed by atoms with Gasteiger partial charge >= 0.3 is 5.97 Å². The fourth-order valence-electron chi connectivity index (χ4n) is 3.17. The van der Waals surface area contributed by atoms with Crippen LogP contribution in [0.5, 0.6) is 5.75 Å². The first kappa shape index (κ1) is 21.8. The van der Waals surface area contributed by atoms with Crippen molar-refractivity contribution in [2.45, 2.75) is 46.0 Å². The highest BCUT2D eigenvalue weighted by atomic mass is 35.5. The molecule has 0 aliphatic heterocycles. The summed E-state index contributed by atoms with van der Waals surface area (Å²) in [6.07, 6.45) is 4.41. The second-order valence-corrected chi connectivity index (χ2v) is 8.59. The number of aromatic hydroxyl groups is 1. The number of fused-ring (bicyclic) bond motifs is 1. The predicted molar refractivity (Wildman–Crippen MR) is 118 cm³/mol. The highest BCUT2D eigenvalue weighted by Gasteiger charge is 2.23. The molecule has 0 bridgehead atoms. The summed E-state index contributed by atoms with van der Waals surface area (Å²) >= 11 is 6.06. The smallest absolute Gasteiger partial charge is 0.330 e. The molecule has 0 saturated heterocycles. The number of hydrogen-bond donors (Lipinski definition) is 1. The average molecular weight is 428 g/mol. The van der Waals surface area contributed by atoms with Crippen LogP contribution in [0.1, 0.15) is 45.2 Å². The number of allylic oxidation sites excluding steroid dienone is 1. The van der Waals surface area contributed by atoms with Crippen molar-refractivity contribution in [2.24, 2.45) is 0 Å².